The number of hydrogen-bond acceptors (Lipinski definition) is 6. The Morgan fingerprint density at radius 1 is 1.43 bits per heavy atom. The van der Waals surface area contributed by atoms with Crippen LogP contribution in [-0.4, -0.2) is 25.5 Å². The molecular formula is C13H15N5OS2. The number of amides is 1. The SMILES string of the molecule is Cc1csc2nc(C(=O)Nc3nnc(CC(C)C)s3)cn12. The van der Waals surface area contributed by atoms with E-state index in [-0.39, 0.29) is 5.91 Å². The first-order valence-corrected chi connectivity index (χ1v) is 8.29. The van der Waals surface area contributed by atoms with Gasteiger partial charge in [0.15, 0.2) is 4.96 Å². The zero-order chi connectivity index (χ0) is 15.0. The molecule has 8 heteroatoms. The summed E-state index contributed by atoms with van der Waals surface area (Å²) in [7, 11) is 0. The van der Waals surface area contributed by atoms with E-state index in [1.165, 1.54) is 22.7 Å². The number of aromatic nitrogens is 4. The molecule has 3 aromatic heterocycles. The van der Waals surface area contributed by atoms with Crippen molar-refractivity contribution in [3.63, 3.8) is 0 Å². The van der Waals surface area contributed by atoms with Crippen LogP contribution in [0.4, 0.5) is 5.13 Å². The number of carbonyl (C=O) groups is 1. The number of hydrogen-bond donors (Lipinski definition) is 1. The van der Waals surface area contributed by atoms with E-state index in [0.717, 1.165) is 22.1 Å². The number of nitrogens with zero attached hydrogens (tertiary/aromatic N) is 4. The summed E-state index contributed by atoms with van der Waals surface area (Å²) in [6, 6.07) is 0. The molecule has 0 aromatic carbocycles. The number of anilines is 1. The highest BCUT2D eigenvalue weighted by molar-refractivity contribution is 7.15. The molecule has 6 nitrogen and oxygen atoms in total. The van der Waals surface area contributed by atoms with Crippen LogP contribution < -0.4 is 5.32 Å². The van der Waals surface area contributed by atoms with Gasteiger partial charge in [0, 0.05) is 23.7 Å². The highest BCUT2D eigenvalue weighted by Gasteiger charge is 2.15. The van der Waals surface area contributed by atoms with E-state index in [0.29, 0.717) is 16.7 Å². The third kappa shape index (κ3) is 2.96. The van der Waals surface area contributed by atoms with Gasteiger partial charge in [-0.05, 0) is 12.8 Å². The molecule has 0 unspecified atom stereocenters. The maximum absolute atomic E-state index is 12.2. The third-order valence-corrected chi connectivity index (χ3v) is 4.71. The molecule has 0 aliphatic rings. The minimum absolute atomic E-state index is 0.252. The molecule has 0 aliphatic carbocycles. The van der Waals surface area contributed by atoms with Gasteiger partial charge >= 0.3 is 0 Å². The van der Waals surface area contributed by atoms with Crippen LogP contribution in [0.2, 0.25) is 0 Å². The highest BCUT2D eigenvalue weighted by Crippen LogP contribution is 2.20. The molecule has 0 atom stereocenters. The molecule has 0 saturated carbocycles. The molecule has 0 fully saturated rings. The van der Waals surface area contributed by atoms with Crippen LogP contribution in [0.1, 0.15) is 35.0 Å². The second kappa shape index (κ2) is 5.53. The molecule has 1 N–H and O–H groups in total. The van der Waals surface area contributed by atoms with Crippen molar-refractivity contribution < 1.29 is 4.79 Å². The lowest BCUT2D eigenvalue weighted by atomic mass is 10.1. The Morgan fingerprint density at radius 2 is 2.24 bits per heavy atom. The largest absolute Gasteiger partial charge is 0.295 e. The van der Waals surface area contributed by atoms with Gasteiger partial charge in [0.1, 0.15) is 10.7 Å². The second-order valence-electron chi connectivity index (χ2n) is 5.21. The molecule has 3 heterocycles. The predicted octanol–water partition coefficient (Wildman–Crippen LogP) is 3.01. The number of carbonyl (C=O) groups excluding carboxylic acids is 1. The molecule has 21 heavy (non-hydrogen) atoms. The smallest absolute Gasteiger partial charge is 0.277 e. The van der Waals surface area contributed by atoms with Gasteiger partial charge in [0.2, 0.25) is 5.13 Å². The Kier molecular flexibility index (Phi) is 3.73. The third-order valence-electron chi connectivity index (χ3n) is 2.89. The van der Waals surface area contributed by atoms with Crippen LogP contribution in [0.25, 0.3) is 4.96 Å². The number of fused-ring (bicyclic) bond motifs is 1. The fraction of sp³-hybridized carbons (Fsp3) is 0.385. The normalized spacial score (nSPS) is 11.4. The number of imidazole rings is 1. The molecule has 3 rings (SSSR count). The first kappa shape index (κ1) is 14.2. The lowest BCUT2D eigenvalue weighted by Gasteiger charge is -1.98. The fourth-order valence-electron chi connectivity index (χ4n) is 1.90. The van der Waals surface area contributed by atoms with Crippen molar-refractivity contribution in [1.29, 1.82) is 0 Å². The lowest BCUT2D eigenvalue weighted by molar-refractivity contribution is 0.102. The van der Waals surface area contributed by atoms with Crippen molar-refractivity contribution in [3.8, 4) is 0 Å². The van der Waals surface area contributed by atoms with E-state index < -0.39 is 0 Å². The van der Waals surface area contributed by atoms with Crippen molar-refractivity contribution in [3.05, 3.63) is 28.0 Å². The number of aryl methyl sites for hydroxylation is 1. The van der Waals surface area contributed by atoms with E-state index in [9.17, 15) is 4.79 Å². The van der Waals surface area contributed by atoms with Gasteiger partial charge in [-0.2, -0.15) is 0 Å². The highest BCUT2D eigenvalue weighted by atomic mass is 32.1. The Balaban J connectivity index is 1.74. The van der Waals surface area contributed by atoms with Crippen LogP contribution in [0.5, 0.6) is 0 Å². The summed E-state index contributed by atoms with van der Waals surface area (Å²) in [5, 5.41) is 14.3. The average Bonchev–Trinajstić information content (AvgIpc) is 3.08. The number of thiazole rings is 1. The zero-order valence-corrected chi connectivity index (χ0v) is 13.6. The van der Waals surface area contributed by atoms with E-state index >= 15 is 0 Å². The monoisotopic (exact) mass is 321 g/mol. The quantitative estimate of drug-likeness (QED) is 0.802. The van der Waals surface area contributed by atoms with Crippen LogP contribution in [0.3, 0.4) is 0 Å². The van der Waals surface area contributed by atoms with Gasteiger partial charge in [0.25, 0.3) is 5.91 Å². The summed E-state index contributed by atoms with van der Waals surface area (Å²) >= 11 is 2.93. The predicted molar refractivity (Wildman–Crippen MR) is 84.2 cm³/mol. The molecule has 1 amide bonds. The average molecular weight is 321 g/mol. The summed E-state index contributed by atoms with van der Waals surface area (Å²) in [6.07, 6.45) is 2.61. The zero-order valence-electron chi connectivity index (χ0n) is 12.0. The van der Waals surface area contributed by atoms with Crippen LogP contribution in [0.15, 0.2) is 11.6 Å². The van der Waals surface area contributed by atoms with Crippen LogP contribution >= 0.6 is 22.7 Å². The van der Waals surface area contributed by atoms with Crippen molar-refractivity contribution in [1.82, 2.24) is 19.6 Å². The summed E-state index contributed by atoms with van der Waals surface area (Å²) in [5.41, 5.74) is 1.46. The van der Waals surface area contributed by atoms with E-state index in [4.69, 9.17) is 0 Å². The van der Waals surface area contributed by atoms with Gasteiger partial charge in [-0.1, -0.05) is 25.2 Å². The molecule has 0 bridgehead atoms. The number of nitrogens with one attached hydrogen (secondary N) is 1. The van der Waals surface area contributed by atoms with E-state index in [1.807, 2.05) is 16.7 Å². The first-order valence-electron chi connectivity index (χ1n) is 6.60. The number of rotatable bonds is 4. The maximum atomic E-state index is 12.2. The fourth-order valence-corrected chi connectivity index (χ4v) is 3.70. The van der Waals surface area contributed by atoms with Crippen molar-refractivity contribution in [2.75, 3.05) is 5.32 Å². The standard InChI is InChI=1S/C13H15N5OS2/c1-7(2)4-10-16-17-12(21-10)15-11(19)9-5-18-8(3)6-20-13(18)14-9/h5-7H,4H2,1-3H3,(H,15,17,19). The van der Waals surface area contributed by atoms with Gasteiger partial charge < -0.3 is 0 Å². The molecule has 110 valence electrons. The maximum Gasteiger partial charge on any atom is 0.277 e. The van der Waals surface area contributed by atoms with Crippen LogP contribution in [-0.2, 0) is 6.42 Å². The Hall–Kier alpha value is -1.80. The van der Waals surface area contributed by atoms with Crippen molar-refractivity contribution in [2.24, 2.45) is 5.92 Å². The molecule has 0 aliphatic heterocycles. The lowest BCUT2D eigenvalue weighted by Crippen LogP contribution is -2.12. The summed E-state index contributed by atoms with van der Waals surface area (Å²) in [5.74, 6) is 0.266. The minimum Gasteiger partial charge on any atom is -0.295 e. The summed E-state index contributed by atoms with van der Waals surface area (Å²) in [4.78, 5) is 17.3. The molecule has 3 aromatic rings. The topological polar surface area (TPSA) is 72.2 Å². The van der Waals surface area contributed by atoms with Gasteiger partial charge in [-0.25, -0.2) is 4.98 Å². The molecule has 0 spiro atoms. The minimum atomic E-state index is -0.252. The molecule has 0 saturated heterocycles. The first-order chi connectivity index (χ1) is 10.0. The van der Waals surface area contributed by atoms with Crippen LogP contribution in [0, 0.1) is 12.8 Å². The molecular weight excluding hydrogens is 306 g/mol. The van der Waals surface area contributed by atoms with E-state index in [1.54, 1.807) is 6.20 Å². The van der Waals surface area contributed by atoms with Gasteiger partial charge in [-0.15, -0.1) is 21.5 Å². The van der Waals surface area contributed by atoms with E-state index in [2.05, 4.69) is 34.3 Å². The summed E-state index contributed by atoms with van der Waals surface area (Å²) in [6.45, 7) is 6.23. The second-order valence-corrected chi connectivity index (χ2v) is 7.11. The Labute approximate surface area is 129 Å². The van der Waals surface area contributed by atoms with Gasteiger partial charge in [-0.3, -0.25) is 14.5 Å². The van der Waals surface area contributed by atoms with Crippen molar-refractivity contribution >= 4 is 38.7 Å². The Morgan fingerprint density at radius 3 is 2.95 bits per heavy atom. The van der Waals surface area contributed by atoms with Crippen molar-refractivity contribution in [2.45, 2.75) is 27.2 Å². The Bertz CT molecular complexity index is 786. The van der Waals surface area contributed by atoms with Gasteiger partial charge in [0.05, 0.1) is 0 Å². The summed E-state index contributed by atoms with van der Waals surface area (Å²) < 4.78 is 1.91. The molecule has 0 radical (unpaired) electrons.